The molecule has 0 aromatic heterocycles. The van der Waals surface area contributed by atoms with Crippen LogP contribution in [-0.2, 0) is 19.1 Å². The molecule has 0 amide bonds. The number of hydrogen-bond acceptors (Lipinski definition) is 5. The van der Waals surface area contributed by atoms with Crippen LogP contribution in [0.4, 0.5) is 0 Å². The molecular formula is C10H14O5. The number of aliphatic hydroxyl groups excluding tert-OH is 1. The molecule has 1 aliphatic carbocycles. The van der Waals surface area contributed by atoms with Crippen LogP contribution >= 0.6 is 0 Å². The highest BCUT2D eigenvalue weighted by atomic mass is 16.6. The first-order valence-corrected chi connectivity index (χ1v) is 4.69. The van der Waals surface area contributed by atoms with E-state index in [-0.39, 0.29) is 0 Å². The minimum Gasteiger partial charge on any atom is -0.466 e. The predicted octanol–water partition coefficient (Wildman–Crippen LogP) is 0.172. The molecule has 0 aliphatic heterocycles. The number of methoxy groups -OCH3 is 1. The normalized spacial score (nSPS) is 25.4. The van der Waals surface area contributed by atoms with E-state index in [9.17, 15) is 14.7 Å². The standard InChI is InChI=1S/C10H14O5/c1-6(11)15-9-4-3-7(5-8(9)12)10(13)14-2/h5,8-9,12H,3-4H2,1-2H3/t8-,9-/m1/s1. The van der Waals surface area contributed by atoms with E-state index in [1.54, 1.807) is 0 Å². The maximum atomic E-state index is 11.1. The highest BCUT2D eigenvalue weighted by Crippen LogP contribution is 2.22. The summed E-state index contributed by atoms with van der Waals surface area (Å²) in [7, 11) is 1.29. The Bertz CT molecular complexity index is 294. The Morgan fingerprint density at radius 3 is 2.67 bits per heavy atom. The Labute approximate surface area is 87.7 Å². The zero-order valence-electron chi connectivity index (χ0n) is 8.73. The summed E-state index contributed by atoms with van der Waals surface area (Å²) in [5.74, 6) is -0.885. The molecule has 2 atom stereocenters. The molecule has 0 radical (unpaired) electrons. The zero-order valence-corrected chi connectivity index (χ0v) is 8.73. The fourth-order valence-electron chi connectivity index (χ4n) is 1.51. The zero-order chi connectivity index (χ0) is 11.4. The van der Waals surface area contributed by atoms with E-state index in [1.807, 2.05) is 0 Å². The molecule has 0 aromatic carbocycles. The van der Waals surface area contributed by atoms with Crippen molar-refractivity contribution in [3.63, 3.8) is 0 Å². The first kappa shape index (κ1) is 11.7. The van der Waals surface area contributed by atoms with Crippen molar-refractivity contribution in [3.8, 4) is 0 Å². The summed E-state index contributed by atoms with van der Waals surface area (Å²) in [4.78, 5) is 21.8. The third-order valence-electron chi connectivity index (χ3n) is 2.22. The first-order chi connectivity index (χ1) is 7.04. The smallest absolute Gasteiger partial charge is 0.333 e. The molecule has 0 saturated heterocycles. The summed E-state index contributed by atoms with van der Waals surface area (Å²) < 4.78 is 9.41. The molecule has 0 fully saturated rings. The lowest BCUT2D eigenvalue weighted by molar-refractivity contribution is -0.151. The van der Waals surface area contributed by atoms with Crippen LogP contribution in [0.25, 0.3) is 0 Å². The van der Waals surface area contributed by atoms with Gasteiger partial charge in [0.2, 0.25) is 0 Å². The average molecular weight is 214 g/mol. The van der Waals surface area contributed by atoms with Gasteiger partial charge in [0.1, 0.15) is 12.2 Å². The van der Waals surface area contributed by atoms with Crippen LogP contribution in [0.5, 0.6) is 0 Å². The number of carbonyl (C=O) groups excluding carboxylic acids is 2. The van der Waals surface area contributed by atoms with Gasteiger partial charge in [0.15, 0.2) is 0 Å². The number of esters is 2. The van der Waals surface area contributed by atoms with Gasteiger partial charge in [-0.15, -0.1) is 0 Å². The Morgan fingerprint density at radius 1 is 1.53 bits per heavy atom. The van der Waals surface area contributed by atoms with Gasteiger partial charge >= 0.3 is 11.9 Å². The van der Waals surface area contributed by atoms with Crippen LogP contribution in [0, 0.1) is 0 Å². The van der Waals surface area contributed by atoms with Crippen LogP contribution < -0.4 is 0 Å². The molecule has 84 valence electrons. The van der Waals surface area contributed by atoms with Gasteiger partial charge in [-0.25, -0.2) is 4.79 Å². The molecule has 5 nitrogen and oxygen atoms in total. The van der Waals surface area contributed by atoms with Crippen LogP contribution in [0.15, 0.2) is 11.6 Å². The highest BCUT2D eigenvalue weighted by Gasteiger charge is 2.28. The molecular weight excluding hydrogens is 200 g/mol. The van der Waals surface area contributed by atoms with E-state index in [1.165, 1.54) is 20.1 Å². The second kappa shape index (κ2) is 4.93. The summed E-state index contributed by atoms with van der Waals surface area (Å²) >= 11 is 0. The number of ether oxygens (including phenoxy) is 2. The molecule has 0 saturated carbocycles. The highest BCUT2D eigenvalue weighted by molar-refractivity contribution is 5.88. The van der Waals surface area contributed by atoms with E-state index in [0.717, 1.165) is 0 Å². The number of aliphatic hydroxyl groups is 1. The number of rotatable bonds is 2. The summed E-state index contributed by atoms with van der Waals surface area (Å²) in [5, 5.41) is 9.57. The Morgan fingerprint density at radius 2 is 2.20 bits per heavy atom. The number of hydrogen-bond donors (Lipinski definition) is 1. The van der Waals surface area contributed by atoms with Crippen molar-refractivity contribution in [2.75, 3.05) is 7.11 Å². The monoisotopic (exact) mass is 214 g/mol. The van der Waals surface area contributed by atoms with Crippen molar-refractivity contribution >= 4 is 11.9 Å². The van der Waals surface area contributed by atoms with Crippen molar-refractivity contribution in [1.29, 1.82) is 0 Å². The summed E-state index contributed by atoms with van der Waals surface area (Å²) in [6.45, 7) is 1.28. The third-order valence-corrected chi connectivity index (χ3v) is 2.22. The molecule has 15 heavy (non-hydrogen) atoms. The van der Waals surface area contributed by atoms with Crippen molar-refractivity contribution < 1.29 is 24.2 Å². The maximum Gasteiger partial charge on any atom is 0.333 e. The summed E-state index contributed by atoms with van der Waals surface area (Å²) in [6.07, 6.45) is 0.763. The lowest BCUT2D eigenvalue weighted by atomic mass is 9.95. The van der Waals surface area contributed by atoms with Crippen LogP contribution in [0.1, 0.15) is 19.8 Å². The molecule has 0 bridgehead atoms. The molecule has 0 unspecified atom stereocenters. The summed E-state index contributed by atoms with van der Waals surface area (Å²) in [5.41, 5.74) is 0.424. The van der Waals surface area contributed by atoms with E-state index in [0.29, 0.717) is 18.4 Å². The van der Waals surface area contributed by atoms with Crippen molar-refractivity contribution in [2.45, 2.75) is 32.0 Å². The molecule has 1 aliphatic rings. The Kier molecular flexibility index (Phi) is 3.85. The topological polar surface area (TPSA) is 72.8 Å². The van der Waals surface area contributed by atoms with Gasteiger partial charge in [0.05, 0.1) is 7.11 Å². The lowest BCUT2D eigenvalue weighted by Gasteiger charge is -2.25. The van der Waals surface area contributed by atoms with E-state index in [2.05, 4.69) is 4.74 Å². The average Bonchev–Trinajstić information content (AvgIpc) is 2.19. The Balaban J connectivity index is 2.64. The quantitative estimate of drug-likeness (QED) is 0.663. The fraction of sp³-hybridized carbons (Fsp3) is 0.600. The SMILES string of the molecule is COC(=O)C1=C[C@@H](O)[C@H](OC(C)=O)CC1. The van der Waals surface area contributed by atoms with E-state index in [4.69, 9.17) is 4.74 Å². The van der Waals surface area contributed by atoms with E-state index >= 15 is 0 Å². The van der Waals surface area contributed by atoms with Crippen LogP contribution in [-0.4, -0.2) is 36.4 Å². The maximum absolute atomic E-state index is 11.1. The van der Waals surface area contributed by atoms with Gasteiger partial charge in [-0.2, -0.15) is 0 Å². The summed E-state index contributed by atoms with van der Waals surface area (Å²) in [6, 6.07) is 0. The van der Waals surface area contributed by atoms with Crippen molar-refractivity contribution in [2.24, 2.45) is 0 Å². The molecule has 1 rings (SSSR count). The van der Waals surface area contributed by atoms with Gasteiger partial charge in [-0.3, -0.25) is 4.79 Å². The Hall–Kier alpha value is -1.36. The van der Waals surface area contributed by atoms with E-state index < -0.39 is 24.1 Å². The van der Waals surface area contributed by atoms with Gasteiger partial charge in [-0.05, 0) is 18.9 Å². The van der Waals surface area contributed by atoms with Crippen LogP contribution in [0.2, 0.25) is 0 Å². The third kappa shape index (κ3) is 3.06. The van der Waals surface area contributed by atoms with Crippen molar-refractivity contribution in [3.05, 3.63) is 11.6 Å². The first-order valence-electron chi connectivity index (χ1n) is 4.69. The molecule has 0 aromatic rings. The van der Waals surface area contributed by atoms with Gasteiger partial charge in [-0.1, -0.05) is 0 Å². The lowest BCUT2D eigenvalue weighted by Crippen LogP contribution is -2.33. The molecule has 0 spiro atoms. The van der Waals surface area contributed by atoms with Crippen molar-refractivity contribution in [1.82, 2.24) is 0 Å². The second-order valence-corrected chi connectivity index (χ2v) is 3.36. The fourth-order valence-corrected chi connectivity index (χ4v) is 1.51. The van der Waals surface area contributed by atoms with Gasteiger partial charge < -0.3 is 14.6 Å². The minimum atomic E-state index is -0.934. The largest absolute Gasteiger partial charge is 0.466 e. The second-order valence-electron chi connectivity index (χ2n) is 3.36. The predicted molar refractivity (Wildman–Crippen MR) is 50.9 cm³/mol. The molecule has 0 heterocycles. The minimum absolute atomic E-state index is 0.424. The van der Waals surface area contributed by atoms with Gasteiger partial charge in [0, 0.05) is 12.5 Å². The molecule has 5 heteroatoms. The van der Waals surface area contributed by atoms with Gasteiger partial charge in [0.25, 0.3) is 0 Å². The molecule has 1 N–H and O–H groups in total. The number of carbonyl (C=O) groups is 2. The van der Waals surface area contributed by atoms with Crippen LogP contribution in [0.3, 0.4) is 0 Å².